The second kappa shape index (κ2) is 4.17. The molecular weight excluding hydrogens is 210 g/mol. The van der Waals surface area contributed by atoms with Crippen LogP contribution in [0.15, 0.2) is 36.8 Å². The molecule has 1 aromatic carbocycles. The highest BCUT2D eigenvalue weighted by Gasteiger charge is 2.07. The van der Waals surface area contributed by atoms with Crippen LogP contribution in [-0.2, 0) is 6.54 Å². The summed E-state index contributed by atoms with van der Waals surface area (Å²) in [5.74, 6) is 0. The Morgan fingerprint density at radius 3 is 2.88 bits per heavy atom. The number of para-hydroxylation sites is 1. The molecule has 3 aromatic rings. The molecule has 2 heterocycles. The van der Waals surface area contributed by atoms with Crippen molar-refractivity contribution in [2.45, 2.75) is 26.3 Å². The van der Waals surface area contributed by atoms with Gasteiger partial charge in [0.2, 0.25) is 0 Å². The van der Waals surface area contributed by atoms with E-state index in [1.165, 1.54) is 23.7 Å². The minimum absolute atomic E-state index is 0.986. The van der Waals surface area contributed by atoms with Crippen LogP contribution in [0.3, 0.4) is 0 Å². The Morgan fingerprint density at radius 2 is 2.00 bits per heavy atom. The van der Waals surface area contributed by atoms with Gasteiger partial charge in [-0.25, -0.2) is 4.98 Å². The molecule has 86 valence electrons. The van der Waals surface area contributed by atoms with Gasteiger partial charge in [0.05, 0.1) is 23.6 Å². The molecule has 0 unspecified atom stereocenters. The van der Waals surface area contributed by atoms with Gasteiger partial charge in [-0.2, -0.15) is 0 Å². The van der Waals surface area contributed by atoms with Gasteiger partial charge in [0.15, 0.2) is 0 Å². The summed E-state index contributed by atoms with van der Waals surface area (Å²) in [5, 5.41) is 1.19. The predicted molar refractivity (Wildman–Crippen MR) is 69.9 cm³/mol. The van der Waals surface area contributed by atoms with E-state index in [-0.39, 0.29) is 0 Å². The molecule has 0 saturated heterocycles. The minimum atomic E-state index is 0.986. The average Bonchev–Trinajstić information content (AvgIpc) is 2.80. The van der Waals surface area contributed by atoms with E-state index in [2.05, 4.69) is 33.6 Å². The molecule has 2 aromatic heterocycles. The lowest BCUT2D eigenvalue weighted by Crippen LogP contribution is -1.96. The molecule has 17 heavy (non-hydrogen) atoms. The lowest BCUT2D eigenvalue weighted by molar-refractivity contribution is 0.646. The highest BCUT2D eigenvalue weighted by atomic mass is 15.0. The molecule has 0 aliphatic rings. The van der Waals surface area contributed by atoms with Gasteiger partial charge in [0.1, 0.15) is 5.52 Å². The number of benzene rings is 1. The molecular formula is C14H15N3. The maximum absolute atomic E-state index is 4.43. The van der Waals surface area contributed by atoms with Crippen LogP contribution in [0.2, 0.25) is 0 Å². The zero-order valence-electron chi connectivity index (χ0n) is 9.93. The average molecular weight is 225 g/mol. The summed E-state index contributed by atoms with van der Waals surface area (Å²) in [6, 6.07) is 8.25. The number of rotatable bonds is 3. The molecule has 0 atom stereocenters. The summed E-state index contributed by atoms with van der Waals surface area (Å²) in [4.78, 5) is 8.85. The summed E-state index contributed by atoms with van der Waals surface area (Å²) in [7, 11) is 0. The van der Waals surface area contributed by atoms with E-state index in [0.29, 0.717) is 0 Å². The fourth-order valence-electron chi connectivity index (χ4n) is 2.20. The molecule has 0 aliphatic carbocycles. The minimum Gasteiger partial charge on any atom is -0.330 e. The Morgan fingerprint density at radius 1 is 1.12 bits per heavy atom. The van der Waals surface area contributed by atoms with Crippen molar-refractivity contribution in [2.24, 2.45) is 0 Å². The lowest BCUT2D eigenvalue weighted by atomic mass is 10.2. The van der Waals surface area contributed by atoms with Crippen LogP contribution in [0.5, 0.6) is 0 Å². The van der Waals surface area contributed by atoms with Gasteiger partial charge >= 0.3 is 0 Å². The topological polar surface area (TPSA) is 30.7 Å². The molecule has 0 saturated carbocycles. The smallest absolute Gasteiger partial charge is 0.107 e. The Hall–Kier alpha value is -1.90. The lowest BCUT2D eigenvalue weighted by Gasteiger charge is -2.05. The molecule has 0 bridgehead atoms. The second-order valence-electron chi connectivity index (χ2n) is 4.30. The Kier molecular flexibility index (Phi) is 2.52. The number of nitrogens with zero attached hydrogens (tertiary/aromatic N) is 3. The van der Waals surface area contributed by atoms with Gasteiger partial charge in [0.25, 0.3) is 0 Å². The third-order valence-corrected chi connectivity index (χ3v) is 3.10. The number of hydrogen-bond acceptors (Lipinski definition) is 2. The summed E-state index contributed by atoms with van der Waals surface area (Å²) in [6.45, 7) is 3.24. The number of aryl methyl sites for hydroxylation is 1. The zero-order valence-corrected chi connectivity index (χ0v) is 9.93. The van der Waals surface area contributed by atoms with Gasteiger partial charge < -0.3 is 4.57 Å². The van der Waals surface area contributed by atoms with Gasteiger partial charge in [-0.1, -0.05) is 31.5 Å². The fraction of sp³-hybridized carbons (Fsp3) is 0.286. The second-order valence-corrected chi connectivity index (χ2v) is 4.30. The molecule has 0 radical (unpaired) electrons. The first-order chi connectivity index (χ1) is 8.40. The van der Waals surface area contributed by atoms with Crippen molar-refractivity contribution in [2.75, 3.05) is 0 Å². The third kappa shape index (κ3) is 1.68. The van der Waals surface area contributed by atoms with E-state index in [9.17, 15) is 0 Å². The molecule has 0 fully saturated rings. The summed E-state index contributed by atoms with van der Waals surface area (Å²) in [6.07, 6.45) is 6.17. The van der Waals surface area contributed by atoms with E-state index >= 15 is 0 Å². The molecule has 3 nitrogen and oxygen atoms in total. The van der Waals surface area contributed by atoms with Crippen molar-refractivity contribution in [1.29, 1.82) is 0 Å². The Balaban J connectivity index is 2.27. The molecule has 3 heteroatoms. The Labute approximate surface area is 100 Å². The first kappa shape index (κ1) is 10.3. The normalized spacial score (nSPS) is 11.4. The summed E-state index contributed by atoms with van der Waals surface area (Å²) in [5.41, 5.74) is 3.24. The van der Waals surface area contributed by atoms with Crippen LogP contribution in [0.1, 0.15) is 19.8 Å². The van der Waals surface area contributed by atoms with Crippen molar-refractivity contribution < 1.29 is 0 Å². The first-order valence-corrected chi connectivity index (χ1v) is 6.08. The van der Waals surface area contributed by atoms with Crippen LogP contribution in [-0.4, -0.2) is 14.5 Å². The number of unbranched alkanes of at least 4 members (excludes halogenated alkanes) is 1. The zero-order chi connectivity index (χ0) is 11.7. The predicted octanol–water partition coefficient (Wildman–Crippen LogP) is 3.38. The number of fused-ring (bicyclic) bond motifs is 3. The van der Waals surface area contributed by atoms with Crippen LogP contribution in [0.25, 0.3) is 21.9 Å². The highest BCUT2D eigenvalue weighted by molar-refractivity contribution is 6.01. The molecule has 3 rings (SSSR count). The van der Waals surface area contributed by atoms with Gasteiger partial charge in [-0.15, -0.1) is 0 Å². The summed E-state index contributed by atoms with van der Waals surface area (Å²) >= 11 is 0. The largest absolute Gasteiger partial charge is 0.330 e. The van der Waals surface area contributed by atoms with E-state index in [0.717, 1.165) is 17.6 Å². The van der Waals surface area contributed by atoms with E-state index in [1.807, 2.05) is 24.7 Å². The van der Waals surface area contributed by atoms with Gasteiger partial charge in [-0.3, -0.25) is 4.98 Å². The number of imidazole rings is 1. The monoisotopic (exact) mass is 225 g/mol. The molecule has 0 aliphatic heterocycles. The van der Waals surface area contributed by atoms with Crippen molar-refractivity contribution in [1.82, 2.24) is 14.5 Å². The highest BCUT2D eigenvalue weighted by Crippen LogP contribution is 2.22. The van der Waals surface area contributed by atoms with E-state index in [4.69, 9.17) is 0 Å². The fourth-order valence-corrected chi connectivity index (χ4v) is 2.20. The first-order valence-electron chi connectivity index (χ1n) is 6.08. The van der Waals surface area contributed by atoms with Crippen LogP contribution < -0.4 is 0 Å². The standard InChI is InChI=1S/C14H15N3/c1-2-3-8-17-10-16-13-9-15-12-7-5-4-6-11(12)14(13)17/h4-7,9-10H,2-3,8H2,1H3. The molecule has 0 spiro atoms. The van der Waals surface area contributed by atoms with Crippen LogP contribution in [0, 0.1) is 0 Å². The van der Waals surface area contributed by atoms with Crippen LogP contribution in [0.4, 0.5) is 0 Å². The quantitative estimate of drug-likeness (QED) is 0.684. The van der Waals surface area contributed by atoms with Gasteiger partial charge in [-0.05, 0) is 12.5 Å². The van der Waals surface area contributed by atoms with Crippen molar-refractivity contribution in [3.05, 3.63) is 36.8 Å². The molecule has 0 N–H and O–H groups in total. The summed E-state index contributed by atoms with van der Waals surface area (Å²) < 4.78 is 2.24. The van der Waals surface area contributed by atoms with Crippen molar-refractivity contribution >= 4 is 21.9 Å². The van der Waals surface area contributed by atoms with Crippen molar-refractivity contribution in [3.8, 4) is 0 Å². The molecule has 0 amide bonds. The van der Waals surface area contributed by atoms with Gasteiger partial charge in [0, 0.05) is 11.9 Å². The van der Waals surface area contributed by atoms with E-state index < -0.39 is 0 Å². The SMILES string of the molecule is CCCCn1cnc2cnc3ccccc3c21. The maximum Gasteiger partial charge on any atom is 0.107 e. The Bertz CT molecular complexity index is 655. The van der Waals surface area contributed by atoms with Crippen molar-refractivity contribution in [3.63, 3.8) is 0 Å². The number of hydrogen-bond donors (Lipinski definition) is 0. The third-order valence-electron chi connectivity index (χ3n) is 3.10. The van der Waals surface area contributed by atoms with Crippen LogP contribution >= 0.6 is 0 Å². The van der Waals surface area contributed by atoms with E-state index in [1.54, 1.807) is 0 Å². The number of pyridine rings is 1. The maximum atomic E-state index is 4.43. The number of aromatic nitrogens is 3.